The van der Waals surface area contributed by atoms with Gasteiger partial charge in [-0.2, -0.15) is 9.97 Å². The highest BCUT2D eigenvalue weighted by atomic mass is 16.6. The smallest absolute Gasteiger partial charge is 0.319 e. The van der Waals surface area contributed by atoms with Crippen molar-refractivity contribution in [1.82, 2.24) is 35.0 Å². The highest BCUT2D eigenvalue weighted by Crippen LogP contribution is 2.44. The first-order valence-electron chi connectivity index (χ1n) is 16.6. The molecule has 0 unspecified atom stereocenters. The molecule has 256 valence electrons. The summed E-state index contributed by atoms with van der Waals surface area (Å²) in [5.74, 6) is 1.12. The molecule has 2 amide bonds. The van der Waals surface area contributed by atoms with E-state index in [1.165, 1.54) is 0 Å². The summed E-state index contributed by atoms with van der Waals surface area (Å²) in [6.45, 7) is 4.83. The van der Waals surface area contributed by atoms with E-state index in [-0.39, 0.29) is 30.6 Å². The van der Waals surface area contributed by atoms with Crippen molar-refractivity contribution < 1.29 is 24.3 Å². The average molecular weight is 669 g/mol. The number of hydrogen-bond acceptors (Lipinski definition) is 12. The molecule has 15 nitrogen and oxygen atoms in total. The Hall–Kier alpha value is -5.12. The molecule has 0 radical (unpaired) electrons. The van der Waals surface area contributed by atoms with Gasteiger partial charge in [-0.25, -0.2) is 9.78 Å². The van der Waals surface area contributed by atoms with Crippen LogP contribution in [-0.4, -0.2) is 83.8 Å². The molecule has 0 spiro atoms. The summed E-state index contributed by atoms with van der Waals surface area (Å²) < 4.78 is 13.7. The molecule has 15 heteroatoms. The van der Waals surface area contributed by atoms with Gasteiger partial charge < -0.3 is 40.3 Å². The van der Waals surface area contributed by atoms with Gasteiger partial charge in [-0.05, 0) is 37.0 Å². The van der Waals surface area contributed by atoms with E-state index in [0.717, 1.165) is 17.7 Å². The molecule has 5 aromatic rings. The van der Waals surface area contributed by atoms with Crippen molar-refractivity contribution in [3.8, 4) is 0 Å². The summed E-state index contributed by atoms with van der Waals surface area (Å²) in [5.41, 5.74) is 3.40. The van der Waals surface area contributed by atoms with Crippen LogP contribution in [-0.2, 0) is 17.6 Å². The molecular weight excluding hydrogens is 628 g/mol. The number of carbonyl (C=O) groups is 1. The number of nitrogens with zero attached hydrogens (tertiary/aromatic N) is 7. The summed E-state index contributed by atoms with van der Waals surface area (Å²) in [7, 11) is 0. The minimum absolute atomic E-state index is 0.140. The Kier molecular flexibility index (Phi) is 9.37. The van der Waals surface area contributed by atoms with E-state index in [4.69, 9.17) is 19.2 Å². The van der Waals surface area contributed by atoms with Crippen LogP contribution >= 0.6 is 0 Å². The number of aliphatic hydroxyl groups excluding tert-OH is 2. The van der Waals surface area contributed by atoms with E-state index in [0.29, 0.717) is 60.3 Å². The molecule has 2 aliphatic rings. The zero-order valence-corrected chi connectivity index (χ0v) is 27.3. The Labute approximate surface area is 282 Å². The fraction of sp³-hybridized carbons (Fsp3) is 0.412. The lowest BCUT2D eigenvalue weighted by Crippen LogP contribution is -2.40. The van der Waals surface area contributed by atoms with Gasteiger partial charge in [0.2, 0.25) is 5.95 Å². The first-order chi connectivity index (χ1) is 23.9. The van der Waals surface area contributed by atoms with Crippen LogP contribution in [0.25, 0.3) is 11.2 Å². The zero-order valence-electron chi connectivity index (χ0n) is 27.3. The number of rotatable bonds is 11. The van der Waals surface area contributed by atoms with Crippen LogP contribution in [0.15, 0.2) is 71.8 Å². The lowest BCUT2D eigenvalue weighted by molar-refractivity contribution is -0.0426. The predicted molar refractivity (Wildman–Crippen MR) is 181 cm³/mol. The van der Waals surface area contributed by atoms with E-state index in [1.807, 2.05) is 55.1 Å². The van der Waals surface area contributed by atoms with Crippen molar-refractivity contribution in [2.75, 3.05) is 35.2 Å². The maximum absolute atomic E-state index is 12.7. The summed E-state index contributed by atoms with van der Waals surface area (Å²) in [5, 5.41) is 35.1. The number of hydrogen-bond donors (Lipinski definition) is 5. The summed E-state index contributed by atoms with van der Waals surface area (Å²) in [6.07, 6.45) is 4.56. The summed E-state index contributed by atoms with van der Waals surface area (Å²) in [4.78, 5) is 33.3. The van der Waals surface area contributed by atoms with Crippen LogP contribution in [0.2, 0.25) is 0 Å². The molecule has 2 saturated heterocycles. The number of imidazole rings is 1. The Morgan fingerprint density at radius 2 is 2.02 bits per heavy atom. The van der Waals surface area contributed by atoms with Gasteiger partial charge in [0.1, 0.15) is 12.2 Å². The van der Waals surface area contributed by atoms with Crippen LogP contribution in [0.3, 0.4) is 0 Å². The number of anilines is 3. The number of benzene rings is 1. The highest BCUT2D eigenvalue weighted by molar-refractivity contribution is 5.89. The normalized spacial score (nSPS) is 22.8. The molecule has 1 aromatic carbocycles. The molecule has 0 aliphatic carbocycles. The van der Waals surface area contributed by atoms with Gasteiger partial charge >= 0.3 is 6.03 Å². The van der Waals surface area contributed by atoms with E-state index in [9.17, 15) is 15.0 Å². The van der Waals surface area contributed by atoms with E-state index >= 15 is 0 Å². The maximum atomic E-state index is 12.7. The van der Waals surface area contributed by atoms with Crippen molar-refractivity contribution in [2.45, 2.75) is 63.6 Å². The number of aliphatic hydroxyl groups is 2. The molecule has 6 atom stereocenters. The lowest BCUT2D eigenvalue weighted by atomic mass is 9.98. The van der Waals surface area contributed by atoms with Crippen LogP contribution in [0.5, 0.6) is 0 Å². The number of amides is 2. The third-order valence-electron chi connectivity index (χ3n) is 9.11. The van der Waals surface area contributed by atoms with Gasteiger partial charge in [0.05, 0.1) is 36.6 Å². The van der Waals surface area contributed by atoms with Crippen molar-refractivity contribution in [3.63, 3.8) is 0 Å². The largest absolute Gasteiger partial charge is 0.394 e. The minimum Gasteiger partial charge on any atom is -0.394 e. The lowest BCUT2D eigenvalue weighted by Gasteiger charge is -2.22. The quantitative estimate of drug-likeness (QED) is 0.138. The molecule has 5 N–H and O–H groups in total. The minimum atomic E-state index is -0.894. The molecular formula is C34H40N10O5. The number of carbonyl (C=O) groups excluding carboxylic acids is 1. The van der Waals surface area contributed by atoms with E-state index in [1.54, 1.807) is 35.4 Å². The molecule has 2 fully saturated rings. The molecule has 0 saturated carbocycles. The molecule has 4 aromatic heterocycles. The summed E-state index contributed by atoms with van der Waals surface area (Å²) >= 11 is 0. The Bertz CT molecular complexity index is 1870. The van der Waals surface area contributed by atoms with Crippen molar-refractivity contribution in [3.05, 3.63) is 84.3 Å². The number of fused-ring (bicyclic) bond motifs is 1. The first kappa shape index (κ1) is 32.4. The topological polar surface area (TPSA) is 189 Å². The fourth-order valence-corrected chi connectivity index (χ4v) is 6.41. The SMILES string of the molecule is CCc1cc([C@H]2O[C@@H](n3cnc4c(N[C@H](CO)Cc5ccccc5)nc(N5CC[C@H](NC(=O)Nc6cccnc6)C5)nc43)[C@H](O)[C@@H]2C)on1. The van der Waals surface area contributed by atoms with Gasteiger partial charge in [0.25, 0.3) is 0 Å². The number of ether oxygens (including phenoxy) is 1. The Morgan fingerprint density at radius 1 is 1.16 bits per heavy atom. The van der Waals surface area contributed by atoms with E-state index < -0.39 is 18.4 Å². The van der Waals surface area contributed by atoms with Crippen LogP contribution in [0.4, 0.5) is 22.2 Å². The number of aromatic nitrogens is 6. The standard InChI is InChI=1S/C34H40N10O5/c1-3-22-15-26(49-42-22)29-20(2)28(46)32(48-29)44-19-36-27-30(37-25(18-45)14-21-8-5-4-6-9-21)40-33(41-31(27)44)43-13-11-24(17-43)39-34(47)38-23-10-7-12-35-16-23/h4-10,12,15-16,19-20,24-25,28-29,32,45-46H,3,11,13-14,17-18H2,1-2H3,(H,37,40,41)(H2,38,39,47)/t20-,24-,25-,28+,29-,32+/m0/s1. The van der Waals surface area contributed by atoms with Crippen LogP contribution < -0.4 is 20.9 Å². The number of aryl methyl sites for hydroxylation is 1. The van der Waals surface area contributed by atoms with Gasteiger partial charge in [-0.1, -0.05) is 49.3 Å². The monoisotopic (exact) mass is 668 g/mol. The number of nitrogens with one attached hydrogen (secondary N) is 3. The fourth-order valence-electron chi connectivity index (χ4n) is 6.41. The number of urea groups is 1. The maximum Gasteiger partial charge on any atom is 0.319 e. The first-order valence-corrected chi connectivity index (χ1v) is 16.6. The molecule has 7 rings (SSSR count). The average Bonchev–Trinajstić information content (AvgIpc) is 3.93. The van der Waals surface area contributed by atoms with Gasteiger partial charge in [-0.3, -0.25) is 9.55 Å². The molecule has 49 heavy (non-hydrogen) atoms. The highest BCUT2D eigenvalue weighted by Gasteiger charge is 2.45. The zero-order chi connectivity index (χ0) is 33.9. The van der Waals surface area contributed by atoms with Crippen LogP contribution in [0.1, 0.15) is 49.6 Å². The van der Waals surface area contributed by atoms with Gasteiger partial charge in [0, 0.05) is 37.3 Å². The second-order valence-corrected chi connectivity index (χ2v) is 12.6. The predicted octanol–water partition coefficient (Wildman–Crippen LogP) is 3.45. The van der Waals surface area contributed by atoms with Gasteiger partial charge in [-0.15, -0.1) is 0 Å². The van der Waals surface area contributed by atoms with Crippen molar-refractivity contribution in [2.24, 2.45) is 5.92 Å². The second kappa shape index (κ2) is 14.2. The molecule has 6 heterocycles. The van der Waals surface area contributed by atoms with Gasteiger partial charge in [0.15, 0.2) is 29.0 Å². The Balaban J connectivity index is 1.17. The van der Waals surface area contributed by atoms with Crippen LogP contribution in [0, 0.1) is 5.92 Å². The summed E-state index contributed by atoms with van der Waals surface area (Å²) in [6, 6.07) is 14.4. The Morgan fingerprint density at radius 3 is 2.78 bits per heavy atom. The molecule has 0 bridgehead atoms. The second-order valence-electron chi connectivity index (χ2n) is 12.6. The molecule has 2 aliphatic heterocycles. The third-order valence-corrected chi connectivity index (χ3v) is 9.11. The third kappa shape index (κ3) is 6.90. The van der Waals surface area contributed by atoms with Crippen molar-refractivity contribution in [1.29, 1.82) is 0 Å². The van der Waals surface area contributed by atoms with Crippen molar-refractivity contribution >= 4 is 34.6 Å². The van der Waals surface area contributed by atoms with E-state index in [2.05, 4.69) is 31.1 Å². The number of pyridine rings is 1.